The van der Waals surface area contributed by atoms with Crippen LogP contribution in [0.5, 0.6) is 0 Å². The van der Waals surface area contributed by atoms with E-state index in [2.05, 4.69) is 31.0 Å². The number of alkyl carbamates (subject to hydrolysis) is 1. The Bertz CT molecular complexity index is 2660. The summed E-state index contributed by atoms with van der Waals surface area (Å²) in [5, 5.41) is 21.5. The maximum Gasteiger partial charge on any atom is 0.323 e. The third kappa shape index (κ3) is 18.6. The Balaban J connectivity index is 0.913. The second-order valence-corrected chi connectivity index (χ2v) is 20.4. The van der Waals surface area contributed by atoms with Gasteiger partial charge in [0.2, 0.25) is 15.9 Å². The summed E-state index contributed by atoms with van der Waals surface area (Å²) >= 11 is 0.543. The van der Waals surface area contributed by atoms with Crippen LogP contribution in [0.4, 0.5) is 10.7 Å². The van der Waals surface area contributed by atoms with E-state index in [4.69, 9.17) is 23.7 Å². The third-order valence-electron chi connectivity index (χ3n) is 11.0. The molecule has 1 aliphatic rings. The number of nitrogens with zero attached hydrogens (tertiary/aromatic N) is 3. The van der Waals surface area contributed by atoms with E-state index in [1.807, 2.05) is 45.0 Å². The number of sulfonamides is 1. The Morgan fingerprint density at radius 1 is 0.887 bits per heavy atom. The van der Waals surface area contributed by atoms with Crippen LogP contribution < -0.4 is 31.4 Å². The molecular weight excluding hydrogens is 1130 g/mol. The number of hydrogen-bond acceptors (Lipinski definition) is 14. The number of hydrogen-bond donors (Lipinski definition) is 6. The van der Waals surface area contributed by atoms with E-state index < -0.39 is 52.1 Å². The van der Waals surface area contributed by atoms with Crippen LogP contribution in [0.1, 0.15) is 67.4 Å². The summed E-state index contributed by atoms with van der Waals surface area (Å²) in [6.45, 7) is 6.98. The van der Waals surface area contributed by atoms with Gasteiger partial charge < -0.3 is 39.4 Å². The van der Waals surface area contributed by atoms with Crippen LogP contribution in [0.25, 0.3) is 10.9 Å². The average Bonchev–Trinajstić information content (AvgIpc) is 3.76. The minimum absolute atomic E-state index is 0.0749. The van der Waals surface area contributed by atoms with Gasteiger partial charge in [-0.25, -0.2) is 13.2 Å². The molecule has 2 unspecified atom stereocenters. The molecule has 382 valence electrons. The fraction of sp³-hybridized carbons (Fsp3) is 0.458. The number of fused-ring (bicyclic) bond motifs is 1. The first-order chi connectivity index (χ1) is 34.1. The number of benzene rings is 2. The first kappa shape index (κ1) is 56.4. The third-order valence-corrected chi connectivity index (χ3v) is 14.4. The van der Waals surface area contributed by atoms with Crippen molar-refractivity contribution in [2.75, 3.05) is 71.2 Å². The van der Waals surface area contributed by atoms with E-state index in [0.29, 0.717) is 121 Å². The summed E-state index contributed by atoms with van der Waals surface area (Å²) in [6, 6.07) is 12.9. The quantitative estimate of drug-likeness (QED) is 0.0313. The first-order valence-corrected chi connectivity index (χ1v) is 26.7. The number of rotatable bonds is 31. The Hall–Kier alpha value is -5.51. The van der Waals surface area contributed by atoms with Gasteiger partial charge in [0, 0.05) is 45.9 Å². The number of ether oxygens (including phenoxy) is 5. The van der Waals surface area contributed by atoms with Gasteiger partial charge in [0.25, 0.3) is 0 Å². The molecule has 0 aliphatic heterocycles. The van der Waals surface area contributed by atoms with Gasteiger partial charge in [0.05, 0.1) is 37.4 Å². The van der Waals surface area contributed by atoms with E-state index in [-0.39, 0.29) is 47.8 Å². The molecule has 2 atom stereocenters. The van der Waals surface area contributed by atoms with E-state index in [0.717, 1.165) is 17.1 Å². The fourth-order valence-corrected chi connectivity index (χ4v) is 10.1. The van der Waals surface area contributed by atoms with Crippen LogP contribution in [0.15, 0.2) is 94.0 Å². The summed E-state index contributed by atoms with van der Waals surface area (Å²) in [5.41, 5.74) is 2.41. The maximum absolute atomic E-state index is 13.6. The monoisotopic (exact) mass is 1200 g/mol. The molecule has 6 N–H and O–H groups in total. The minimum Gasteiger partial charge on any atom is -0.480 e. The smallest absolute Gasteiger partial charge is 0.323 e. The first-order valence-electron chi connectivity index (χ1n) is 23.3. The molecule has 3 amide bonds. The number of carboxylic acid groups (broad SMARTS) is 1. The topological polar surface area (TPSA) is 269 Å². The van der Waals surface area contributed by atoms with Gasteiger partial charge in [-0.3, -0.25) is 9.59 Å². The van der Waals surface area contributed by atoms with E-state index in [1.165, 1.54) is 6.20 Å². The average molecular weight is 1200 g/mol. The molecule has 4 aromatic rings. The number of anilines is 1. The Kier molecular flexibility index (Phi) is 23.1. The van der Waals surface area contributed by atoms with Crippen LogP contribution in [0.2, 0.25) is 0 Å². The zero-order chi connectivity index (χ0) is 51.2. The van der Waals surface area contributed by atoms with Gasteiger partial charge >= 0.3 is 160 Å². The molecule has 71 heavy (non-hydrogen) atoms. The van der Waals surface area contributed by atoms with Crippen molar-refractivity contribution in [2.24, 2.45) is 7.05 Å². The number of nitrogens with one attached hydrogen (secondary N) is 5. The van der Waals surface area contributed by atoms with Crippen LogP contribution in [0, 0.1) is 0 Å². The normalized spacial score (nSPS) is 14.2. The van der Waals surface area contributed by atoms with Crippen molar-refractivity contribution >= 4 is 76.8 Å². The van der Waals surface area contributed by atoms with E-state index in [1.54, 1.807) is 49.9 Å². The molecule has 0 bridgehead atoms. The standard InChI is InChI=1S/C48H64N8O13S.Tl/c1-33-26-37(68-21-7-12-42(57)49-15-8-19-65-22-24-67-25-23-66-20-9-16-52-48(62)69-32-35-10-5-4-6-11-35)27-34(2)44(33)70(63,64)55-40(46(60)61)30-53-45(59)39-31-56(3)41-28-36(13-14-38(41)43(39)58)29-54-47-50-17-18-51-47;/h4-6,10-11,13-14,17-18,26,28,31,37,40,55H,7-9,12,15-16,19-25,27,29-30,32H2,1-3H3,(H6,49,50,51,52,53,54,57,59,60,61,62);/q;+1/p-1. The maximum atomic E-state index is 13.6. The molecule has 2 aromatic carbocycles. The number of carbonyl (C=O) groups excluding carboxylic acids is 3. The Morgan fingerprint density at radius 2 is 1.58 bits per heavy atom. The van der Waals surface area contributed by atoms with Crippen LogP contribution in [-0.2, 0) is 63.5 Å². The van der Waals surface area contributed by atoms with Crippen molar-refractivity contribution in [3.63, 3.8) is 0 Å². The SMILES string of the molecule is CC1=CC(OCCCC(=O)NCCCOCCOCCOCCCNC(=O)OCc2ccccc2)CC(C)=C1S(=O)(=O)NC(CNC(=O)c1cn(C)c2cc(CNc3ncc[n]3[Tl])ccc2c1=O)C(=O)O. The molecule has 0 radical (unpaired) electrons. The van der Waals surface area contributed by atoms with Crippen LogP contribution in [-0.4, -0.2) is 153 Å². The van der Waals surface area contributed by atoms with Gasteiger partial charge in [-0.1, -0.05) is 42.0 Å². The molecule has 1 aliphatic carbocycles. The minimum atomic E-state index is -4.39. The molecular formula is C48H63N8O13STl. The van der Waals surface area contributed by atoms with Crippen molar-refractivity contribution < 1.29 is 56.4 Å². The van der Waals surface area contributed by atoms with Crippen molar-refractivity contribution in [3.05, 3.63) is 116 Å². The van der Waals surface area contributed by atoms with Gasteiger partial charge in [-0.2, -0.15) is 4.72 Å². The number of allylic oxidation sites excluding steroid dienone is 1. The Labute approximate surface area is 429 Å². The summed E-state index contributed by atoms with van der Waals surface area (Å²) in [7, 11) is -2.70. The molecule has 2 heterocycles. The summed E-state index contributed by atoms with van der Waals surface area (Å²) < 4.78 is 60.8. The van der Waals surface area contributed by atoms with Gasteiger partial charge in [-0.15, -0.1) is 0 Å². The summed E-state index contributed by atoms with van der Waals surface area (Å²) in [5.74, 6) is -1.76. The van der Waals surface area contributed by atoms with Crippen molar-refractivity contribution in [2.45, 2.75) is 71.2 Å². The molecule has 0 saturated carbocycles. The largest absolute Gasteiger partial charge is 0.480 e. The number of aliphatic carboxylic acids is 1. The summed E-state index contributed by atoms with van der Waals surface area (Å²) in [6.07, 6.45) is 7.84. The van der Waals surface area contributed by atoms with Crippen molar-refractivity contribution in [3.8, 4) is 0 Å². The van der Waals surface area contributed by atoms with Crippen molar-refractivity contribution in [1.29, 1.82) is 0 Å². The Morgan fingerprint density at radius 3 is 2.24 bits per heavy atom. The molecule has 0 saturated heterocycles. The van der Waals surface area contributed by atoms with Gasteiger partial charge in [0.15, 0.2) is 0 Å². The molecule has 21 nitrogen and oxygen atoms in total. The second kappa shape index (κ2) is 29.1. The zero-order valence-electron chi connectivity index (χ0n) is 40.3. The number of amides is 3. The van der Waals surface area contributed by atoms with Crippen LogP contribution >= 0.6 is 0 Å². The fourth-order valence-electron chi connectivity index (χ4n) is 7.48. The van der Waals surface area contributed by atoms with Gasteiger partial charge in [0.1, 0.15) is 12.6 Å². The van der Waals surface area contributed by atoms with Crippen LogP contribution in [0.3, 0.4) is 0 Å². The number of aryl methyl sites for hydroxylation is 1. The molecule has 2 aromatic heterocycles. The summed E-state index contributed by atoms with van der Waals surface area (Å²) in [4.78, 5) is 67.3. The molecule has 23 heteroatoms. The second-order valence-electron chi connectivity index (χ2n) is 16.6. The molecule has 0 spiro atoms. The predicted molar refractivity (Wildman–Crippen MR) is 265 cm³/mol. The number of carboxylic acids is 1. The number of imidazole rings is 1. The van der Waals surface area contributed by atoms with Crippen molar-refractivity contribution in [1.82, 2.24) is 32.6 Å². The number of aromatic nitrogens is 3. The van der Waals surface area contributed by atoms with E-state index >= 15 is 0 Å². The number of pyridine rings is 1. The van der Waals surface area contributed by atoms with Gasteiger partial charge in [-0.05, 0) is 50.7 Å². The van der Waals surface area contributed by atoms with E-state index in [9.17, 15) is 37.5 Å². The molecule has 5 rings (SSSR count). The number of carbonyl (C=O) groups is 4. The zero-order valence-corrected chi connectivity index (χ0v) is 45.6. The predicted octanol–water partition coefficient (Wildman–Crippen LogP) is 3.04. The molecule has 0 fully saturated rings.